The zero-order chi connectivity index (χ0) is 16.8. The van der Waals surface area contributed by atoms with E-state index in [0.717, 1.165) is 25.9 Å². The first kappa shape index (κ1) is 17.8. The van der Waals surface area contributed by atoms with E-state index in [2.05, 4.69) is 5.10 Å². The van der Waals surface area contributed by atoms with E-state index in [1.54, 1.807) is 36.3 Å². The Morgan fingerprint density at radius 1 is 1.26 bits per heavy atom. The first-order valence-electron chi connectivity index (χ1n) is 7.74. The third-order valence-corrected chi connectivity index (χ3v) is 4.20. The molecule has 1 aliphatic rings. The van der Waals surface area contributed by atoms with Gasteiger partial charge in [0.1, 0.15) is 5.71 Å². The van der Waals surface area contributed by atoms with Crippen LogP contribution in [0.3, 0.4) is 0 Å². The minimum absolute atomic E-state index is 0.0238. The van der Waals surface area contributed by atoms with Crippen LogP contribution >= 0.6 is 23.2 Å². The Morgan fingerprint density at radius 3 is 2.57 bits per heavy atom. The summed E-state index contributed by atoms with van der Waals surface area (Å²) in [6.45, 7) is 5.22. The van der Waals surface area contributed by atoms with Gasteiger partial charge in [-0.15, -0.1) is 0 Å². The smallest absolute Gasteiger partial charge is 0.269 e. The molecule has 124 valence electrons. The SMILES string of the molecule is C/C=C/N(/N=C(\C)C(=O)N1CCCCC1)c1ccc(Cl)cc1Cl. The lowest BCUT2D eigenvalue weighted by Crippen LogP contribution is -2.39. The molecule has 4 nitrogen and oxygen atoms in total. The molecule has 1 heterocycles. The highest BCUT2D eigenvalue weighted by Gasteiger charge is 2.20. The zero-order valence-electron chi connectivity index (χ0n) is 13.4. The summed E-state index contributed by atoms with van der Waals surface area (Å²) in [6, 6.07) is 5.19. The molecule has 0 spiro atoms. The number of allylic oxidation sites excluding steroid dienone is 1. The largest absolute Gasteiger partial charge is 0.338 e. The van der Waals surface area contributed by atoms with Gasteiger partial charge in [-0.2, -0.15) is 5.10 Å². The van der Waals surface area contributed by atoms with Crippen LogP contribution in [0.1, 0.15) is 33.1 Å². The number of amides is 1. The standard InChI is InChI=1S/C17H21Cl2N3O/c1-3-9-22(16-8-7-14(18)12-15(16)19)20-13(2)17(23)21-10-5-4-6-11-21/h3,7-9,12H,4-6,10-11H2,1-2H3/b9-3+,20-13+. The van der Waals surface area contributed by atoms with E-state index in [0.29, 0.717) is 21.4 Å². The molecule has 23 heavy (non-hydrogen) atoms. The van der Waals surface area contributed by atoms with E-state index in [1.165, 1.54) is 6.42 Å². The normalized spacial score (nSPS) is 16.0. The lowest BCUT2D eigenvalue weighted by atomic mass is 10.1. The van der Waals surface area contributed by atoms with Crippen molar-refractivity contribution in [2.45, 2.75) is 33.1 Å². The lowest BCUT2D eigenvalue weighted by molar-refractivity contribution is -0.124. The van der Waals surface area contributed by atoms with Crippen LogP contribution in [-0.2, 0) is 4.79 Å². The van der Waals surface area contributed by atoms with Gasteiger partial charge in [-0.1, -0.05) is 29.3 Å². The number of carbonyl (C=O) groups is 1. The first-order valence-corrected chi connectivity index (χ1v) is 8.50. The summed E-state index contributed by atoms with van der Waals surface area (Å²) in [5.74, 6) is -0.0238. The fourth-order valence-electron chi connectivity index (χ4n) is 2.51. The quantitative estimate of drug-likeness (QED) is 0.579. The molecule has 0 aliphatic carbocycles. The summed E-state index contributed by atoms with van der Waals surface area (Å²) in [4.78, 5) is 14.4. The molecule has 0 radical (unpaired) electrons. The Morgan fingerprint density at radius 2 is 1.96 bits per heavy atom. The van der Waals surface area contributed by atoms with Crippen molar-refractivity contribution in [2.75, 3.05) is 18.1 Å². The summed E-state index contributed by atoms with van der Waals surface area (Å²) < 4.78 is 0. The van der Waals surface area contributed by atoms with E-state index in [4.69, 9.17) is 23.2 Å². The van der Waals surface area contributed by atoms with Crippen LogP contribution in [0.25, 0.3) is 0 Å². The molecule has 0 atom stereocenters. The highest BCUT2D eigenvalue weighted by molar-refractivity contribution is 6.38. The van der Waals surface area contributed by atoms with Crippen LogP contribution in [0.2, 0.25) is 10.0 Å². The van der Waals surface area contributed by atoms with Gasteiger partial charge in [-0.3, -0.25) is 4.79 Å². The number of hydrogen-bond acceptors (Lipinski definition) is 3. The molecule has 1 aliphatic heterocycles. The van der Waals surface area contributed by atoms with Crippen LogP contribution in [0.15, 0.2) is 35.6 Å². The first-order chi connectivity index (χ1) is 11.0. The number of hydrazone groups is 1. The third kappa shape index (κ3) is 4.72. The summed E-state index contributed by atoms with van der Waals surface area (Å²) in [5, 5.41) is 7.10. The molecule has 1 saturated heterocycles. The van der Waals surface area contributed by atoms with Crippen molar-refractivity contribution in [3.05, 3.63) is 40.5 Å². The molecule has 0 N–H and O–H groups in total. The number of nitrogens with zero attached hydrogens (tertiary/aromatic N) is 3. The van der Waals surface area contributed by atoms with Gasteiger partial charge in [0.15, 0.2) is 0 Å². The second-order valence-electron chi connectivity index (χ2n) is 5.46. The van der Waals surface area contributed by atoms with Crippen molar-refractivity contribution in [3.8, 4) is 0 Å². The molecule has 1 aromatic carbocycles. The van der Waals surface area contributed by atoms with Crippen LogP contribution < -0.4 is 5.01 Å². The molecule has 0 bridgehead atoms. The van der Waals surface area contributed by atoms with Crippen LogP contribution in [0, 0.1) is 0 Å². The van der Waals surface area contributed by atoms with Crippen LogP contribution in [0.5, 0.6) is 0 Å². The highest BCUT2D eigenvalue weighted by Crippen LogP contribution is 2.29. The minimum Gasteiger partial charge on any atom is -0.338 e. The molecule has 0 saturated carbocycles. The Bertz CT molecular complexity index is 622. The number of anilines is 1. The van der Waals surface area contributed by atoms with Crippen molar-refractivity contribution in [1.29, 1.82) is 0 Å². The second-order valence-corrected chi connectivity index (χ2v) is 6.30. The number of piperidine rings is 1. The zero-order valence-corrected chi connectivity index (χ0v) is 14.9. The average molecular weight is 354 g/mol. The summed E-state index contributed by atoms with van der Waals surface area (Å²) in [7, 11) is 0. The lowest BCUT2D eigenvalue weighted by Gasteiger charge is -2.27. The molecular weight excluding hydrogens is 333 g/mol. The molecule has 0 unspecified atom stereocenters. The van der Waals surface area contributed by atoms with E-state index in [9.17, 15) is 4.79 Å². The topological polar surface area (TPSA) is 35.9 Å². The van der Waals surface area contributed by atoms with Crippen molar-refractivity contribution in [2.24, 2.45) is 5.10 Å². The number of halogens is 2. The van der Waals surface area contributed by atoms with Gasteiger partial charge < -0.3 is 4.90 Å². The van der Waals surface area contributed by atoms with E-state index < -0.39 is 0 Å². The third-order valence-electron chi connectivity index (χ3n) is 3.66. The maximum Gasteiger partial charge on any atom is 0.269 e. The van der Waals surface area contributed by atoms with Gasteiger partial charge in [-0.05, 0) is 51.3 Å². The van der Waals surface area contributed by atoms with Crippen molar-refractivity contribution in [3.63, 3.8) is 0 Å². The summed E-state index contributed by atoms with van der Waals surface area (Å²) >= 11 is 12.2. The monoisotopic (exact) mass is 353 g/mol. The average Bonchev–Trinajstić information content (AvgIpc) is 2.54. The predicted molar refractivity (Wildman–Crippen MR) is 97.3 cm³/mol. The van der Waals surface area contributed by atoms with E-state index in [-0.39, 0.29) is 5.91 Å². The van der Waals surface area contributed by atoms with Gasteiger partial charge >= 0.3 is 0 Å². The maximum absolute atomic E-state index is 12.5. The van der Waals surface area contributed by atoms with Gasteiger partial charge in [0, 0.05) is 24.3 Å². The number of rotatable bonds is 4. The summed E-state index contributed by atoms with van der Waals surface area (Å²) in [6.07, 6.45) is 6.90. The second kappa shape index (κ2) is 8.37. The fraction of sp³-hybridized carbons (Fsp3) is 0.412. The van der Waals surface area contributed by atoms with Gasteiger partial charge in [-0.25, -0.2) is 5.01 Å². The van der Waals surface area contributed by atoms with E-state index in [1.807, 2.05) is 17.9 Å². The van der Waals surface area contributed by atoms with E-state index >= 15 is 0 Å². The molecule has 1 fully saturated rings. The van der Waals surface area contributed by atoms with Crippen LogP contribution in [-0.4, -0.2) is 29.6 Å². The molecule has 0 aromatic heterocycles. The minimum atomic E-state index is -0.0238. The molecule has 6 heteroatoms. The Balaban J connectivity index is 2.24. The molecule has 1 amide bonds. The number of benzene rings is 1. The number of likely N-dealkylation sites (tertiary alicyclic amines) is 1. The maximum atomic E-state index is 12.5. The van der Waals surface area contributed by atoms with Gasteiger partial charge in [0.05, 0.1) is 10.7 Å². The fourth-order valence-corrected chi connectivity index (χ4v) is 3.00. The van der Waals surface area contributed by atoms with Gasteiger partial charge in [0.25, 0.3) is 5.91 Å². The Labute approximate surface area is 147 Å². The molecule has 2 rings (SSSR count). The van der Waals surface area contributed by atoms with Crippen molar-refractivity contribution in [1.82, 2.24) is 4.90 Å². The molecular formula is C17H21Cl2N3O. The van der Waals surface area contributed by atoms with Gasteiger partial charge in [0.2, 0.25) is 0 Å². The Kier molecular flexibility index (Phi) is 6.48. The highest BCUT2D eigenvalue weighted by atomic mass is 35.5. The molecule has 1 aromatic rings. The Hall–Kier alpha value is -1.52. The van der Waals surface area contributed by atoms with Crippen molar-refractivity contribution >= 4 is 40.5 Å². The van der Waals surface area contributed by atoms with Crippen LogP contribution in [0.4, 0.5) is 5.69 Å². The predicted octanol–water partition coefficient (Wildman–Crippen LogP) is 4.72. The number of hydrogen-bond donors (Lipinski definition) is 0. The summed E-state index contributed by atoms with van der Waals surface area (Å²) in [5.41, 5.74) is 1.12. The number of carbonyl (C=O) groups excluding carboxylic acids is 1. The van der Waals surface area contributed by atoms with Crippen molar-refractivity contribution < 1.29 is 4.79 Å².